The van der Waals surface area contributed by atoms with Crippen LogP contribution >= 0.6 is 0 Å². The van der Waals surface area contributed by atoms with Crippen LogP contribution in [0.2, 0.25) is 0 Å². The monoisotopic (exact) mass is 285 g/mol. The van der Waals surface area contributed by atoms with Gasteiger partial charge in [0.2, 0.25) is 0 Å². The lowest BCUT2D eigenvalue weighted by Gasteiger charge is -2.32. The summed E-state index contributed by atoms with van der Waals surface area (Å²) in [5.74, 6) is 0. The van der Waals surface area contributed by atoms with E-state index >= 15 is 0 Å². The Balaban J connectivity index is 2.26. The van der Waals surface area contributed by atoms with Crippen LogP contribution in [0, 0.1) is 0 Å². The summed E-state index contributed by atoms with van der Waals surface area (Å²) in [5.41, 5.74) is -2.80. The zero-order chi connectivity index (χ0) is 24.2. The highest BCUT2D eigenvalue weighted by atomic mass is 16.7. The Morgan fingerprint density at radius 1 is 1.20 bits per heavy atom. The SMILES string of the molecule is [2H]c1nc([2H])c(N2C([2H])([2H])C([2H])([2H])C([2H])([2H])C2([2H])[2H])c([2H])c1B1OC(C)(C)C(C)(C)O1. The van der Waals surface area contributed by atoms with E-state index in [2.05, 4.69) is 4.98 Å². The van der Waals surface area contributed by atoms with Crippen molar-refractivity contribution in [1.82, 2.24) is 4.98 Å². The topological polar surface area (TPSA) is 34.6 Å². The largest absolute Gasteiger partial charge is 0.496 e. The molecule has 4 nitrogen and oxygen atoms in total. The average Bonchev–Trinajstić information content (AvgIpc) is 2.80. The van der Waals surface area contributed by atoms with Gasteiger partial charge in [0.05, 0.1) is 27.2 Å². The van der Waals surface area contributed by atoms with E-state index < -0.39 is 68.1 Å². The molecule has 0 amide bonds. The molecule has 0 bridgehead atoms. The molecule has 1 aromatic heterocycles. The summed E-state index contributed by atoms with van der Waals surface area (Å²) in [6, 6.07) is -0.718. The van der Waals surface area contributed by atoms with Gasteiger partial charge in [0.15, 0.2) is 0 Å². The van der Waals surface area contributed by atoms with Crippen molar-refractivity contribution in [1.29, 1.82) is 0 Å². The van der Waals surface area contributed by atoms with Gasteiger partial charge in [-0.15, -0.1) is 0 Å². The second-order valence-corrected chi connectivity index (χ2v) is 5.62. The number of rotatable bonds is 2. The molecule has 3 heterocycles. The Kier molecular flexibility index (Phi) is 1.42. The van der Waals surface area contributed by atoms with Crippen LogP contribution in [0.25, 0.3) is 0 Å². The van der Waals surface area contributed by atoms with Gasteiger partial charge < -0.3 is 14.2 Å². The molecule has 2 aliphatic heterocycles. The summed E-state index contributed by atoms with van der Waals surface area (Å²) in [7, 11) is -1.30. The number of aromatic nitrogens is 1. The number of pyridine rings is 1. The molecule has 2 saturated heterocycles. The summed E-state index contributed by atoms with van der Waals surface area (Å²) in [5, 5.41) is 0. The maximum atomic E-state index is 8.57. The van der Waals surface area contributed by atoms with Crippen molar-refractivity contribution in [3.05, 3.63) is 18.4 Å². The van der Waals surface area contributed by atoms with Gasteiger partial charge in [0.25, 0.3) is 0 Å². The normalized spacial score (nSPS) is 42.5. The van der Waals surface area contributed by atoms with Crippen LogP contribution in [-0.2, 0) is 9.31 Å². The first-order valence-corrected chi connectivity index (χ1v) is 6.29. The summed E-state index contributed by atoms with van der Waals surface area (Å²) < 4.78 is 101. The third-order valence-corrected chi connectivity index (χ3v) is 3.70. The molecule has 0 spiro atoms. The quantitative estimate of drug-likeness (QED) is 0.778. The molecule has 3 rings (SSSR count). The maximum absolute atomic E-state index is 8.57. The molecule has 0 saturated carbocycles. The highest BCUT2D eigenvalue weighted by Crippen LogP contribution is 2.36. The van der Waals surface area contributed by atoms with Crippen molar-refractivity contribution in [3.8, 4) is 0 Å². The van der Waals surface area contributed by atoms with E-state index in [1.165, 1.54) is 0 Å². The molecule has 2 fully saturated rings. The van der Waals surface area contributed by atoms with Gasteiger partial charge in [-0.1, -0.05) is 0 Å². The summed E-state index contributed by atoms with van der Waals surface area (Å²) >= 11 is 0. The predicted octanol–water partition coefficient (Wildman–Crippen LogP) is 1.98. The van der Waals surface area contributed by atoms with Crippen LogP contribution in [0.4, 0.5) is 5.69 Å². The fourth-order valence-electron chi connectivity index (χ4n) is 1.81. The van der Waals surface area contributed by atoms with Gasteiger partial charge in [-0.25, -0.2) is 0 Å². The van der Waals surface area contributed by atoms with E-state index in [0.717, 1.165) is 0 Å². The van der Waals surface area contributed by atoms with E-state index in [1.807, 2.05) is 0 Å². The lowest BCUT2D eigenvalue weighted by atomic mass is 9.80. The Morgan fingerprint density at radius 2 is 1.80 bits per heavy atom. The molecule has 108 valence electrons. The summed E-state index contributed by atoms with van der Waals surface area (Å²) in [6.45, 7) is 0.346. The number of hydrogen-bond donors (Lipinski definition) is 0. The van der Waals surface area contributed by atoms with Crippen molar-refractivity contribution in [2.24, 2.45) is 0 Å². The average molecular weight is 285 g/mol. The minimum absolute atomic E-state index is 0.103. The Bertz CT molecular complexity index is 896. The molecule has 0 aliphatic carbocycles. The van der Waals surface area contributed by atoms with E-state index in [-0.39, 0.29) is 10.4 Å². The van der Waals surface area contributed by atoms with Gasteiger partial charge in [-0.2, -0.15) is 0 Å². The molecule has 0 aromatic carbocycles. The minimum Gasteiger partial charge on any atom is -0.399 e. The minimum atomic E-state index is -3.34. The van der Waals surface area contributed by atoms with Crippen LogP contribution in [0.3, 0.4) is 0 Å². The molecule has 1 aromatic rings. The van der Waals surface area contributed by atoms with Crippen molar-refractivity contribution >= 4 is 18.3 Å². The molecule has 0 N–H and O–H groups in total. The third kappa shape index (κ3) is 2.33. The van der Waals surface area contributed by atoms with Crippen LogP contribution in [0.5, 0.6) is 0 Å². The third-order valence-electron chi connectivity index (χ3n) is 3.70. The first-order valence-electron chi connectivity index (χ1n) is 11.8. The van der Waals surface area contributed by atoms with Gasteiger partial charge in [-0.3, -0.25) is 4.98 Å². The smallest absolute Gasteiger partial charge is 0.399 e. The molecule has 5 heteroatoms. The van der Waals surface area contributed by atoms with Crippen LogP contribution < -0.4 is 10.4 Å². The van der Waals surface area contributed by atoms with Crippen molar-refractivity contribution < 1.29 is 24.4 Å². The maximum Gasteiger partial charge on any atom is 0.496 e. The first-order chi connectivity index (χ1) is 13.6. The second kappa shape index (κ2) is 4.74. The van der Waals surface area contributed by atoms with Crippen molar-refractivity contribution in [3.63, 3.8) is 0 Å². The summed E-state index contributed by atoms with van der Waals surface area (Å²) in [6.07, 6.45) is -8.11. The molecule has 20 heavy (non-hydrogen) atoms. The highest BCUT2D eigenvalue weighted by Gasteiger charge is 2.51. The summed E-state index contributed by atoms with van der Waals surface area (Å²) in [4.78, 5) is 3.78. The Labute approximate surface area is 137 Å². The van der Waals surface area contributed by atoms with Gasteiger partial charge >= 0.3 is 7.12 Å². The van der Waals surface area contributed by atoms with Gasteiger partial charge in [0.1, 0.15) is 0 Å². The fourth-order valence-corrected chi connectivity index (χ4v) is 1.81. The number of hydrogen-bond acceptors (Lipinski definition) is 4. The standard InChI is InChI=1S/C15H23BN2O2/c1-14(2)15(3,4)20-16(19-14)12-9-13(11-17-10-12)18-7-5-6-8-18/h9-11H,5-8H2,1-4H3/i5D2,6D2,7D2,8D2,9D,10D,11D. The Hall–Kier alpha value is -1.07. The molecule has 0 unspecified atom stereocenters. The lowest BCUT2D eigenvalue weighted by molar-refractivity contribution is 0.00578. The van der Waals surface area contributed by atoms with Crippen LogP contribution in [0.1, 0.15) is 55.5 Å². The van der Waals surface area contributed by atoms with Crippen LogP contribution in [-0.4, -0.2) is 36.3 Å². The van der Waals surface area contributed by atoms with Crippen LogP contribution in [0.15, 0.2) is 18.4 Å². The number of nitrogens with zero attached hydrogens (tertiary/aromatic N) is 2. The van der Waals surface area contributed by atoms with E-state index in [0.29, 0.717) is 0 Å². The van der Waals surface area contributed by atoms with Crippen molar-refractivity contribution in [2.75, 3.05) is 17.9 Å². The van der Waals surface area contributed by atoms with Crippen molar-refractivity contribution in [2.45, 2.75) is 51.6 Å². The molecular weight excluding hydrogens is 251 g/mol. The molecule has 2 aliphatic rings. The zero-order valence-electron chi connectivity index (χ0n) is 22.8. The van der Waals surface area contributed by atoms with Gasteiger partial charge in [-0.05, 0) is 46.5 Å². The zero-order valence-corrected chi connectivity index (χ0v) is 11.8. The predicted molar refractivity (Wildman–Crippen MR) is 81.4 cm³/mol. The van der Waals surface area contributed by atoms with E-state index in [4.69, 9.17) is 24.4 Å². The molecular formula is C15H23BN2O2. The highest BCUT2D eigenvalue weighted by molar-refractivity contribution is 6.62. The lowest BCUT2D eigenvalue weighted by Crippen LogP contribution is -2.41. The first kappa shape index (κ1) is 5.97. The van der Waals surface area contributed by atoms with E-state index in [9.17, 15) is 0 Å². The molecule has 0 radical (unpaired) electrons. The molecule has 0 atom stereocenters. The van der Waals surface area contributed by atoms with E-state index in [1.54, 1.807) is 27.7 Å². The van der Waals surface area contributed by atoms with Gasteiger partial charge in [0, 0.05) is 35.6 Å². The second-order valence-electron chi connectivity index (χ2n) is 5.62. The Morgan fingerprint density at radius 3 is 2.40 bits per heavy atom. The fraction of sp³-hybridized carbons (Fsp3) is 0.667. The number of anilines is 1.